The van der Waals surface area contributed by atoms with Crippen molar-refractivity contribution < 1.29 is 23.2 Å². The maximum Gasteiger partial charge on any atom is 0.318 e. The first-order valence-electron chi connectivity index (χ1n) is 5.32. The van der Waals surface area contributed by atoms with Crippen molar-refractivity contribution in [3.05, 3.63) is 28.3 Å². The van der Waals surface area contributed by atoms with Crippen LogP contribution >= 0.6 is 0 Å². The molecule has 1 aromatic rings. The van der Waals surface area contributed by atoms with Crippen molar-refractivity contribution in [2.75, 3.05) is 25.5 Å². The van der Waals surface area contributed by atoms with E-state index in [0.29, 0.717) is 0 Å². The van der Waals surface area contributed by atoms with Crippen molar-refractivity contribution in [2.24, 2.45) is 0 Å². The van der Waals surface area contributed by atoms with Crippen molar-refractivity contribution in [2.45, 2.75) is 4.90 Å². The van der Waals surface area contributed by atoms with Crippen molar-refractivity contribution in [1.82, 2.24) is 4.72 Å². The van der Waals surface area contributed by atoms with Gasteiger partial charge >= 0.3 is 5.97 Å². The minimum Gasteiger partial charge on any atom is -0.480 e. The van der Waals surface area contributed by atoms with Gasteiger partial charge in [-0.1, -0.05) is 0 Å². The summed E-state index contributed by atoms with van der Waals surface area (Å²) >= 11 is 0. The highest BCUT2D eigenvalue weighted by Gasteiger charge is 2.22. The molecule has 1 aromatic carbocycles. The van der Waals surface area contributed by atoms with Crippen LogP contribution in [0.25, 0.3) is 0 Å². The van der Waals surface area contributed by atoms with Gasteiger partial charge < -0.3 is 10.0 Å². The Morgan fingerprint density at radius 2 is 2.05 bits per heavy atom. The zero-order valence-corrected chi connectivity index (χ0v) is 11.5. The number of nitro benzene ring substituents is 1. The fourth-order valence-electron chi connectivity index (χ4n) is 1.43. The predicted octanol–water partition coefficient (Wildman–Crippen LogP) is 0.0237. The van der Waals surface area contributed by atoms with Crippen LogP contribution < -0.4 is 9.62 Å². The smallest absolute Gasteiger partial charge is 0.318 e. The lowest BCUT2D eigenvalue weighted by atomic mass is 10.2. The molecule has 0 aliphatic carbocycles. The number of nitrogens with zero attached hydrogens (tertiary/aromatic N) is 2. The van der Waals surface area contributed by atoms with Crippen molar-refractivity contribution in [3.8, 4) is 0 Å². The Morgan fingerprint density at radius 3 is 2.50 bits per heavy atom. The molecule has 0 fully saturated rings. The van der Waals surface area contributed by atoms with Gasteiger partial charge in [0.25, 0.3) is 5.69 Å². The third kappa shape index (κ3) is 3.65. The second kappa shape index (κ2) is 5.84. The lowest BCUT2D eigenvalue weighted by Crippen LogP contribution is -2.29. The molecule has 9 nitrogen and oxygen atoms in total. The number of nitrogens with one attached hydrogen (secondary N) is 1. The fourth-order valence-corrected chi connectivity index (χ4v) is 2.43. The normalized spacial score (nSPS) is 11.1. The Labute approximate surface area is 115 Å². The molecule has 0 aliphatic rings. The van der Waals surface area contributed by atoms with Crippen LogP contribution in [0, 0.1) is 10.1 Å². The van der Waals surface area contributed by atoms with Crippen LogP contribution in [-0.4, -0.2) is 45.1 Å². The molecule has 0 saturated carbocycles. The summed E-state index contributed by atoms with van der Waals surface area (Å²) in [4.78, 5) is 21.7. The number of hydrogen-bond donors (Lipinski definition) is 2. The van der Waals surface area contributed by atoms with E-state index in [0.717, 1.165) is 6.07 Å². The van der Waals surface area contributed by atoms with E-state index in [1.54, 1.807) is 14.1 Å². The molecule has 0 bridgehead atoms. The Bertz CT molecular complexity index is 640. The minimum atomic E-state index is -4.11. The van der Waals surface area contributed by atoms with Crippen molar-refractivity contribution in [1.29, 1.82) is 0 Å². The zero-order valence-electron chi connectivity index (χ0n) is 10.7. The van der Waals surface area contributed by atoms with Gasteiger partial charge in [-0.3, -0.25) is 14.9 Å². The van der Waals surface area contributed by atoms with Crippen LogP contribution in [0.3, 0.4) is 0 Å². The number of benzene rings is 1. The molecule has 0 amide bonds. The molecule has 1 rings (SSSR count). The first kappa shape index (κ1) is 15.9. The molecule has 110 valence electrons. The summed E-state index contributed by atoms with van der Waals surface area (Å²) in [6.45, 7) is -0.800. The number of carboxylic acids is 1. The van der Waals surface area contributed by atoms with E-state index in [1.807, 2.05) is 4.72 Å². The van der Waals surface area contributed by atoms with Crippen molar-refractivity contribution in [3.63, 3.8) is 0 Å². The number of carboxylic acid groups (broad SMARTS) is 1. The van der Waals surface area contributed by atoms with Gasteiger partial charge in [-0.2, -0.15) is 4.72 Å². The number of aliphatic carboxylic acids is 1. The minimum absolute atomic E-state index is 0.243. The van der Waals surface area contributed by atoms with Crippen LogP contribution in [0.5, 0.6) is 0 Å². The summed E-state index contributed by atoms with van der Waals surface area (Å²) < 4.78 is 25.4. The van der Waals surface area contributed by atoms with Gasteiger partial charge in [-0.25, -0.2) is 8.42 Å². The molecule has 0 heterocycles. The second-order valence-corrected chi connectivity index (χ2v) is 5.79. The molecular weight excluding hydrogens is 290 g/mol. The predicted molar refractivity (Wildman–Crippen MR) is 70.2 cm³/mol. The first-order valence-corrected chi connectivity index (χ1v) is 6.80. The Balaban J connectivity index is 3.24. The highest BCUT2D eigenvalue weighted by Crippen LogP contribution is 2.29. The number of sulfonamides is 1. The Hall–Kier alpha value is -2.20. The van der Waals surface area contributed by atoms with E-state index in [4.69, 9.17) is 5.11 Å². The lowest BCUT2D eigenvalue weighted by molar-refractivity contribution is -0.384. The van der Waals surface area contributed by atoms with Crippen LogP contribution in [0.4, 0.5) is 11.4 Å². The monoisotopic (exact) mass is 303 g/mol. The van der Waals surface area contributed by atoms with Crippen LogP contribution in [-0.2, 0) is 14.8 Å². The first-order chi connectivity index (χ1) is 9.15. The second-order valence-electron chi connectivity index (χ2n) is 4.02. The largest absolute Gasteiger partial charge is 0.480 e. The topological polar surface area (TPSA) is 130 Å². The van der Waals surface area contributed by atoms with Crippen LogP contribution in [0.15, 0.2) is 23.1 Å². The number of carbonyl (C=O) groups is 1. The van der Waals surface area contributed by atoms with Gasteiger partial charge in [0.2, 0.25) is 10.0 Å². The van der Waals surface area contributed by atoms with Crippen molar-refractivity contribution >= 4 is 27.4 Å². The summed E-state index contributed by atoms with van der Waals surface area (Å²) in [5.74, 6) is -1.35. The molecule has 0 saturated heterocycles. The van der Waals surface area contributed by atoms with Crippen LogP contribution in [0.2, 0.25) is 0 Å². The Morgan fingerprint density at radius 1 is 1.45 bits per heavy atom. The molecule has 0 aromatic heterocycles. The summed E-state index contributed by atoms with van der Waals surface area (Å²) in [5, 5.41) is 19.4. The molecule has 10 heteroatoms. The summed E-state index contributed by atoms with van der Waals surface area (Å²) in [7, 11) is -0.943. The number of rotatable bonds is 6. The molecule has 0 radical (unpaired) electrons. The summed E-state index contributed by atoms with van der Waals surface area (Å²) in [5.41, 5.74) is -0.139. The molecule has 0 unspecified atom stereocenters. The zero-order chi connectivity index (χ0) is 15.5. The molecule has 0 atom stereocenters. The maximum atomic E-state index is 11.8. The average molecular weight is 303 g/mol. The highest BCUT2D eigenvalue weighted by molar-refractivity contribution is 7.89. The van der Waals surface area contributed by atoms with Gasteiger partial charge in [0.05, 0.1) is 9.82 Å². The van der Waals surface area contributed by atoms with Gasteiger partial charge in [0.15, 0.2) is 0 Å². The van der Waals surface area contributed by atoms with Gasteiger partial charge in [-0.15, -0.1) is 0 Å². The van der Waals surface area contributed by atoms with Crippen LogP contribution in [0.1, 0.15) is 0 Å². The fraction of sp³-hybridized carbons (Fsp3) is 0.300. The number of nitro groups is 1. The molecule has 2 N–H and O–H groups in total. The summed E-state index contributed by atoms with van der Waals surface area (Å²) in [6, 6.07) is 3.35. The number of anilines is 1. The molecular formula is C10H13N3O6S. The quantitative estimate of drug-likeness (QED) is 0.559. The van der Waals surface area contributed by atoms with E-state index in [2.05, 4.69) is 0 Å². The summed E-state index contributed by atoms with van der Waals surface area (Å²) in [6.07, 6.45) is 0. The van der Waals surface area contributed by atoms with E-state index in [9.17, 15) is 23.3 Å². The standard InChI is InChI=1S/C10H13N3O6S/c1-12(2)8-4-3-7(5-9(8)13(16)17)20(18,19)11-6-10(14)15/h3-5,11H,6H2,1-2H3,(H,14,15). The average Bonchev–Trinajstić information content (AvgIpc) is 2.35. The van der Waals surface area contributed by atoms with E-state index in [1.165, 1.54) is 17.0 Å². The van der Waals surface area contributed by atoms with Gasteiger partial charge in [-0.05, 0) is 12.1 Å². The number of hydrogen-bond acceptors (Lipinski definition) is 6. The Kier molecular flexibility index (Phi) is 4.63. The third-order valence-corrected chi connectivity index (χ3v) is 3.75. The highest BCUT2D eigenvalue weighted by atomic mass is 32.2. The van der Waals surface area contributed by atoms with E-state index in [-0.39, 0.29) is 16.3 Å². The maximum absolute atomic E-state index is 11.8. The van der Waals surface area contributed by atoms with Gasteiger partial charge in [0, 0.05) is 20.2 Å². The molecule has 0 spiro atoms. The third-order valence-electron chi connectivity index (χ3n) is 2.35. The molecule has 0 aliphatic heterocycles. The lowest BCUT2D eigenvalue weighted by Gasteiger charge is -2.13. The van der Waals surface area contributed by atoms with E-state index >= 15 is 0 Å². The SMILES string of the molecule is CN(C)c1ccc(S(=O)(=O)NCC(=O)O)cc1[N+](=O)[O-]. The van der Waals surface area contributed by atoms with E-state index < -0.39 is 27.5 Å². The van der Waals surface area contributed by atoms with Gasteiger partial charge in [0.1, 0.15) is 12.2 Å². The molecule has 20 heavy (non-hydrogen) atoms.